The van der Waals surface area contributed by atoms with Gasteiger partial charge >= 0.3 is 0 Å². The average Bonchev–Trinajstić information content (AvgIpc) is 3.46. The molecule has 0 fully saturated rings. The lowest BCUT2D eigenvalue weighted by Gasteiger charge is -2.33. The average molecular weight is 474 g/mol. The fourth-order valence-corrected chi connectivity index (χ4v) is 6.26. The quantitative estimate of drug-likeness (QED) is 0.448. The maximum absolute atomic E-state index is 13.8. The van der Waals surface area contributed by atoms with Crippen LogP contribution in [0.5, 0.6) is 11.5 Å². The minimum atomic E-state index is -0.632. The molecule has 2 aromatic heterocycles. The Balaban J connectivity index is 1.70. The molecule has 0 saturated heterocycles. The number of nitrogens with zero attached hydrogens (tertiary/aromatic N) is 3. The van der Waals surface area contributed by atoms with Crippen LogP contribution in [0.3, 0.4) is 0 Å². The number of pyridine rings is 2. The van der Waals surface area contributed by atoms with E-state index >= 15 is 0 Å². The van der Waals surface area contributed by atoms with Crippen molar-refractivity contribution in [1.29, 1.82) is 0 Å². The van der Waals surface area contributed by atoms with Gasteiger partial charge in [-0.2, -0.15) is 0 Å². The molecule has 1 aliphatic carbocycles. The first kappa shape index (κ1) is 22.3. The Morgan fingerprint density at radius 2 is 1.80 bits per heavy atom. The molecule has 0 amide bonds. The first-order valence-electron chi connectivity index (χ1n) is 12.4. The third-order valence-corrected chi connectivity index (χ3v) is 8.39. The molecule has 0 radical (unpaired) electrons. The molecule has 7 nitrogen and oxygen atoms in total. The second-order valence-corrected chi connectivity index (χ2v) is 10.6. The first-order chi connectivity index (χ1) is 16.7. The second-order valence-electron chi connectivity index (χ2n) is 10.6. The van der Waals surface area contributed by atoms with Crippen LogP contribution in [0.2, 0.25) is 0 Å². The fourth-order valence-electron chi connectivity index (χ4n) is 6.26. The van der Waals surface area contributed by atoms with Gasteiger partial charge in [0.25, 0.3) is 5.56 Å². The van der Waals surface area contributed by atoms with Crippen molar-refractivity contribution < 1.29 is 14.3 Å². The predicted octanol–water partition coefficient (Wildman–Crippen LogP) is 4.02. The van der Waals surface area contributed by atoms with E-state index in [1.807, 2.05) is 25.3 Å². The van der Waals surface area contributed by atoms with E-state index in [1.54, 1.807) is 0 Å². The molecule has 1 aromatic carbocycles. The third-order valence-electron chi connectivity index (χ3n) is 8.39. The number of carbonyl (C=O) groups is 1. The smallest absolute Gasteiger partial charge is 0.254 e. The number of Topliss-reactive ketones (excluding diaryl/α,β-unsaturated/α-hetero) is 1. The van der Waals surface area contributed by atoms with E-state index in [-0.39, 0.29) is 18.1 Å². The van der Waals surface area contributed by atoms with E-state index in [1.165, 1.54) is 5.56 Å². The highest BCUT2D eigenvalue weighted by molar-refractivity contribution is 5.97. The highest BCUT2D eigenvalue weighted by atomic mass is 16.7. The van der Waals surface area contributed by atoms with E-state index in [9.17, 15) is 9.59 Å². The Morgan fingerprint density at radius 1 is 1.09 bits per heavy atom. The first-order valence-corrected chi connectivity index (χ1v) is 12.4. The summed E-state index contributed by atoms with van der Waals surface area (Å²) in [6, 6.07) is 2.08. The van der Waals surface area contributed by atoms with Crippen molar-refractivity contribution in [2.24, 2.45) is 0 Å². The van der Waals surface area contributed by atoms with Crippen molar-refractivity contribution in [2.45, 2.75) is 65.5 Å². The summed E-state index contributed by atoms with van der Waals surface area (Å²) in [6.45, 7) is 9.52. The van der Waals surface area contributed by atoms with Gasteiger partial charge in [0, 0.05) is 40.6 Å². The number of hydrogen-bond donors (Lipinski definition) is 0. The van der Waals surface area contributed by atoms with Crippen LogP contribution in [-0.4, -0.2) is 41.1 Å². The molecule has 0 unspecified atom stereocenters. The molecule has 182 valence electrons. The minimum absolute atomic E-state index is 0.0186. The van der Waals surface area contributed by atoms with Crippen LogP contribution < -0.4 is 15.0 Å². The largest absolute Gasteiger partial charge is 0.453 e. The molecular formula is C28H31N3O4. The Kier molecular flexibility index (Phi) is 4.71. The summed E-state index contributed by atoms with van der Waals surface area (Å²) in [6.07, 6.45) is 1.61. The summed E-state index contributed by atoms with van der Waals surface area (Å²) in [5, 5.41) is 1.08. The van der Waals surface area contributed by atoms with Crippen LogP contribution >= 0.6 is 0 Å². The van der Waals surface area contributed by atoms with Crippen molar-refractivity contribution in [3.05, 3.63) is 49.8 Å². The lowest BCUT2D eigenvalue weighted by Crippen LogP contribution is -2.41. The summed E-state index contributed by atoms with van der Waals surface area (Å²) in [4.78, 5) is 34.1. The van der Waals surface area contributed by atoms with Crippen LogP contribution in [0.25, 0.3) is 22.3 Å². The van der Waals surface area contributed by atoms with Crippen molar-refractivity contribution in [1.82, 2.24) is 14.5 Å². The second kappa shape index (κ2) is 7.40. The zero-order chi connectivity index (χ0) is 24.8. The number of ketones is 1. The van der Waals surface area contributed by atoms with Crippen molar-refractivity contribution in [3.8, 4) is 22.9 Å². The zero-order valence-electron chi connectivity index (χ0n) is 21.3. The van der Waals surface area contributed by atoms with E-state index in [4.69, 9.17) is 14.5 Å². The molecule has 2 aliphatic heterocycles. The summed E-state index contributed by atoms with van der Waals surface area (Å²) in [5.41, 5.74) is 7.83. The maximum Gasteiger partial charge on any atom is 0.254 e. The summed E-state index contributed by atoms with van der Waals surface area (Å²) >= 11 is 0. The van der Waals surface area contributed by atoms with Gasteiger partial charge in [0.1, 0.15) is 5.78 Å². The van der Waals surface area contributed by atoms with Gasteiger partial charge in [0.15, 0.2) is 11.5 Å². The molecule has 6 rings (SSSR count). The van der Waals surface area contributed by atoms with Crippen molar-refractivity contribution in [2.75, 3.05) is 20.9 Å². The normalized spacial score (nSPS) is 19.9. The van der Waals surface area contributed by atoms with Gasteiger partial charge in [0.05, 0.1) is 28.9 Å². The molecule has 3 aliphatic rings. The maximum atomic E-state index is 13.8. The lowest BCUT2D eigenvalue weighted by atomic mass is 9.69. The van der Waals surface area contributed by atoms with E-state index in [0.29, 0.717) is 25.8 Å². The van der Waals surface area contributed by atoms with Gasteiger partial charge in [-0.05, 0) is 64.9 Å². The third kappa shape index (κ3) is 2.84. The molecule has 3 aromatic rings. The van der Waals surface area contributed by atoms with Gasteiger partial charge in [-0.25, -0.2) is 4.98 Å². The fraction of sp³-hybridized carbons (Fsp3) is 0.464. The molecule has 4 heterocycles. The Hall–Kier alpha value is -3.19. The van der Waals surface area contributed by atoms with Gasteiger partial charge < -0.3 is 18.9 Å². The molecule has 7 heteroatoms. The van der Waals surface area contributed by atoms with Crippen LogP contribution in [0.15, 0.2) is 10.9 Å². The number of aromatic nitrogens is 2. The van der Waals surface area contributed by atoms with E-state index in [2.05, 4.69) is 32.0 Å². The summed E-state index contributed by atoms with van der Waals surface area (Å²) < 4.78 is 13.5. The monoisotopic (exact) mass is 473 g/mol. The van der Waals surface area contributed by atoms with Gasteiger partial charge in [-0.3, -0.25) is 9.59 Å². The van der Waals surface area contributed by atoms with Crippen molar-refractivity contribution >= 4 is 16.7 Å². The minimum Gasteiger partial charge on any atom is -0.453 e. The molecule has 0 saturated carbocycles. The standard InChI is InChI=1S/C28H31N3O4/c1-7-28(4)19-10-20-24-18(12-31(20)27(33)16(19)8-9-21(28)32)17(11-30(5)6)22-14(2)25-26(35-13-34-25)15(3)23(22)29-24/h10H,7-9,11-13H2,1-6H3/t28-/m1/s1. The number of carbonyl (C=O) groups excluding carboxylic acids is 1. The molecule has 0 spiro atoms. The Labute approximate surface area is 204 Å². The highest BCUT2D eigenvalue weighted by Gasteiger charge is 2.41. The number of ether oxygens (including phenoxy) is 2. The van der Waals surface area contributed by atoms with Crippen LogP contribution in [0.4, 0.5) is 0 Å². The number of hydrogen-bond acceptors (Lipinski definition) is 6. The van der Waals surface area contributed by atoms with Crippen LogP contribution in [0, 0.1) is 13.8 Å². The zero-order valence-corrected chi connectivity index (χ0v) is 21.3. The number of benzene rings is 1. The van der Waals surface area contributed by atoms with Crippen LogP contribution in [-0.2, 0) is 29.7 Å². The molecular weight excluding hydrogens is 442 g/mol. The SMILES string of the molecule is CC[C@@]1(C)C(=O)CCc2c1cc1n(c2=O)Cc2c-1nc1c(C)c3c(c(C)c1c2CN(C)C)OCO3. The highest BCUT2D eigenvalue weighted by Crippen LogP contribution is 2.48. The van der Waals surface area contributed by atoms with Crippen molar-refractivity contribution in [3.63, 3.8) is 0 Å². The molecule has 0 bridgehead atoms. The van der Waals surface area contributed by atoms with Crippen LogP contribution in [0.1, 0.15) is 60.1 Å². The molecule has 0 N–H and O–H groups in total. The summed E-state index contributed by atoms with van der Waals surface area (Å²) in [5.74, 6) is 1.76. The molecule has 35 heavy (non-hydrogen) atoms. The lowest BCUT2D eigenvalue weighted by molar-refractivity contribution is -0.124. The number of aryl methyl sites for hydroxylation is 2. The molecule has 1 atom stereocenters. The Morgan fingerprint density at radius 3 is 2.49 bits per heavy atom. The Bertz CT molecular complexity index is 1520. The number of fused-ring (bicyclic) bond motifs is 6. The summed E-state index contributed by atoms with van der Waals surface area (Å²) in [7, 11) is 4.11. The van der Waals surface area contributed by atoms with Gasteiger partial charge in [-0.1, -0.05) is 6.92 Å². The topological polar surface area (TPSA) is 73.7 Å². The van der Waals surface area contributed by atoms with E-state index in [0.717, 1.165) is 68.2 Å². The van der Waals surface area contributed by atoms with E-state index < -0.39 is 5.41 Å². The number of rotatable bonds is 3. The predicted molar refractivity (Wildman–Crippen MR) is 134 cm³/mol. The van der Waals surface area contributed by atoms with Gasteiger partial charge in [-0.15, -0.1) is 0 Å². The van der Waals surface area contributed by atoms with Gasteiger partial charge in [0.2, 0.25) is 6.79 Å².